The molecule has 2 aliphatic rings. The summed E-state index contributed by atoms with van der Waals surface area (Å²) in [5.41, 5.74) is 2.40. The summed E-state index contributed by atoms with van der Waals surface area (Å²) in [6, 6.07) is 4.92. The molecule has 0 amide bonds. The summed E-state index contributed by atoms with van der Waals surface area (Å²) in [6.07, 6.45) is 6.23. The van der Waals surface area contributed by atoms with Crippen LogP contribution in [0.25, 0.3) is 0 Å². The molecule has 1 aliphatic heterocycles. The SMILES string of the molecule is O=CC1CCCCN1S(=O)(=O)c1ccc2c(c1)CCC2. The molecule has 1 aliphatic carbocycles. The van der Waals surface area contributed by atoms with Crippen LogP contribution in [-0.2, 0) is 27.7 Å². The van der Waals surface area contributed by atoms with E-state index in [-0.39, 0.29) is 0 Å². The van der Waals surface area contributed by atoms with E-state index in [4.69, 9.17) is 0 Å². The predicted octanol–water partition coefficient (Wildman–Crippen LogP) is 1.92. The van der Waals surface area contributed by atoms with Crippen LogP contribution in [-0.4, -0.2) is 31.6 Å². The lowest BCUT2D eigenvalue weighted by molar-refractivity contribution is -0.111. The highest BCUT2D eigenvalue weighted by Crippen LogP contribution is 2.29. The molecule has 1 aromatic rings. The highest BCUT2D eigenvalue weighted by Gasteiger charge is 2.33. The Hall–Kier alpha value is -1.20. The van der Waals surface area contributed by atoms with E-state index in [1.54, 1.807) is 12.1 Å². The first-order valence-corrected chi connectivity index (χ1v) is 8.66. The van der Waals surface area contributed by atoms with Gasteiger partial charge in [0.25, 0.3) is 0 Å². The second kappa shape index (κ2) is 5.30. The number of aldehydes is 1. The van der Waals surface area contributed by atoms with E-state index in [0.29, 0.717) is 17.9 Å². The number of sulfonamides is 1. The van der Waals surface area contributed by atoms with Gasteiger partial charge in [-0.3, -0.25) is 0 Å². The fraction of sp³-hybridized carbons (Fsp3) is 0.533. The van der Waals surface area contributed by atoms with Gasteiger partial charge in [0.15, 0.2) is 0 Å². The molecule has 4 nitrogen and oxygen atoms in total. The minimum absolute atomic E-state index is 0.340. The molecule has 0 aromatic heterocycles. The van der Waals surface area contributed by atoms with Gasteiger partial charge in [0.2, 0.25) is 10.0 Å². The Labute approximate surface area is 119 Å². The molecule has 1 atom stereocenters. The predicted molar refractivity (Wildman–Crippen MR) is 76.1 cm³/mol. The molecule has 1 heterocycles. The third kappa shape index (κ3) is 2.29. The van der Waals surface area contributed by atoms with E-state index in [2.05, 4.69) is 0 Å². The van der Waals surface area contributed by atoms with Crippen molar-refractivity contribution in [3.63, 3.8) is 0 Å². The smallest absolute Gasteiger partial charge is 0.243 e. The first-order valence-electron chi connectivity index (χ1n) is 7.22. The zero-order valence-corrected chi connectivity index (χ0v) is 12.2. The fourth-order valence-corrected chi connectivity index (χ4v) is 4.89. The number of benzene rings is 1. The van der Waals surface area contributed by atoms with Gasteiger partial charge in [-0.05, 0) is 55.4 Å². The van der Waals surface area contributed by atoms with Crippen LogP contribution in [0.3, 0.4) is 0 Å². The maximum absolute atomic E-state index is 12.7. The molecule has 0 radical (unpaired) electrons. The molecule has 1 saturated heterocycles. The number of piperidine rings is 1. The number of rotatable bonds is 3. The molecule has 1 aromatic carbocycles. The van der Waals surface area contributed by atoms with Gasteiger partial charge >= 0.3 is 0 Å². The van der Waals surface area contributed by atoms with Gasteiger partial charge in [0.1, 0.15) is 6.29 Å². The van der Waals surface area contributed by atoms with Gasteiger partial charge in [-0.25, -0.2) is 8.42 Å². The number of nitrogens with zero attached hydrogens (tertiary/aromatic N) is 1. The van der Waals surface area contributed by atoms with E-state index in [1.165, 1.54) is 9.87 Å². The molecular weight excluding hydrogens is 274 g/mol. The molecule has 0 bridgehead atoms. The van der Waals surface area contributed by atoms with Crippen molar-refractivity contribution < 1.29 is 13.2 Å². The van der Waals surface area contributed by atoms with Crippen LogP contribution in [0, 0.1) is 0 Å². The maximum Gasteiger partial charge on any atom is 0.243 e. The van der Waals surface area contributed by atoms with E-state index in [9.17, 15) is 13.2 Å². The quantitative estimate of drug-likeness (QED) is 0.800. The lowest BCUT2D eigenvalue weighted by atomic mass is 10.1. The first kappa shape index (κ1) is 13.8. The highest BCUT2D eigenvalue weighted by molar-refractivity contribution is 7.89. The summed E-state index contributed by atoms with van der Waals surface area (Å²) in [4.78, 5) is 11.5. The Balaban J connectivity index is 1.96. The normalized spacial score (nSPS) is 23.5. The van der Waals surface area contributed by atoms with Crippen LogP contribution in [0.5, 0.6) is 0 Å². The number of fused-ring (bicyclic) bond motifs is 1. The van der Waals surface area contributed by atoms with Crippen LogP contribution in [0.15, 0.2) is 23.1 Å². The number of carbonyl (C=O) groups is 1. The van der Waals surface area contributed by atoms with Crippen molar-refractivity contribution >= 4 is 16.3 Å². The lowest BCUT2D eigenvalue weighted by Crippen LogP contribution is -2.44. The van der Waals surface area contributed by atoms with Crippen molar-refractivity contribution in [2.75, 3.05) is 6.54 Å². The Morgan fingerprint density at radius 1 is 1.10 bits per heavy atom. The summed E-state index contributed by atoms with van der Waals surface area (Å²) >= 11 is 0. The second-order valence-electron chi connectivity index (χ2n) is 5.60. The first-order chi connectivity index (χ1) is 9.63. The van der Waals surface area contributed by atoms with Gasteiger partial charge in [-0.1, -0.05) is 12.5 Å². The standard InChI is InChI=1S/C15H19NO3S/c17-11-14-6-1-2-9-16(14)20(18,19)15-8-7-12-4-3-5-13(12)10-15/h7-8,10-11,14H,1-6,9H2. The summed E-state index contributed by atoms with van der Waals surface area (Å²) < 4.78 is 26.8. The zero-order chi connectivity index (χ0) is 14.2. The van der Waals surface area contributed by atoms with Gasteiger partial charge in [0.05, 0.1) is 10.9 Å². The third-order valence-electron chi connectivity index (χ3n) is 4.33. The topological polar surface area (TPSA) is 54.5 Å². The second-order valence-corrected chi connectivity index (χ2v) is 7.49. The minimum atomic E-state index is -3.54. The molecule has 0 spiro atoms. The molecule has 3 rings (SSSR count). The monoisotopic (exact) mass is 293 g/mol. The van der Waals surface area contributed by atoms with Crippen molar-refractivity contribution in [1.29, 1.82) is 0 Å². The average molecular weight is 293 g/mol. The summed E-state index contributed by atoms with van der Waals surface area (Å²) in [5, 5.41) is 0. The Kier molecular flexibility index (Phi) is 3.65. The van der Waals surface area contributed by atoms with Crippen LogP contribution >= 0.6 is 0 Å². The maximum atomic E-state index is 12.7. The lowest BCUT2D eigenvalue weighted by Gasteiger charge is -2.31. The molecule has 1 fully saturated rings. The van der Waals surface area contributed by atoms with E-state index >= 15 is 0 Å². The molecule has 5 heteroatoms. The van der Waals surface area contributed by atoms with Gasteiger partial charge in [0, 0.05) is 6.54 Å². The van der Waals surface area contributed by atoms with Crippen molar-refractivity contribution in [2.24, 2.45) is 0 Å². The van der Waals surface area contributed by atoms with E-state index in [1.807, 2.05) is 6.07 Å². The Morgan fingerprint density at radius 3 is 2.70 bits per heavy atom. The number of hydrogen-bond donors (Lipinski definition) is 0. The van der Waals surface area contributed by atoms with Gasteiger partial charge in [-0.15, -0.1) is 0 Å². The Morgan fingerprint density at radius 2 is 1.90 bits per heavy atom. The summed E-state index contributed by atoms with van der Waals surface area (Å²) in [7, 11) is -3.54. The van der Waals surface area contributed by atoms with Crippen LogP contribution in [0.1, 0.15) is 36.8 Å². The number of carbonyl (C=O) groups excluding carboxylic acids is 1. The van der Waals surface area contributed by atoms with Crippen molar-refractivity contribution in [3.05, 3.63) is 29.3 Å². The molecule has 108 valence electrons. The summed E-state index contributed by atoms with van der Waals surface area (Å²) in [6.45, 7) is 0.447. The average Bonchev–Trinajstić information content (AvgIpc) is 2.94. The zero-order valence-electron chi connectivity index (χ0n) is 11.4. The minimum Gasteiger partial charge on any atom is -0.302 e. The largest absolute Gasteiger partial charge is 0.302 e. The molecule has 0 N–H and O–H groups in total. The van der Waals surface area contributed by atoms with Crippen LogP contribution in [0.2, 0.25) is 0 Å². The highest BCUT2D eigenvalue weighted by atomic mass is 32.2. The van der Waals surface area contributed by atoms with Crippen molar-refractivity contribution in [2.45, 2.75) is 49.5 Å². The van der Waals surface area contributed by atoms with Gasteiger partial charge < -0.3 is 4.79 Å². The number of aryl methyl sites for hydroxylation is 2. The van der Waals surface area contributed by atoms with Crippen molar-refractivity contribution in [1.82, 2.24) is 4.31 Å². The molecule has 1 unspecified atom stereocenters. The summed E-state index contributed by atoms with van der Waals surface area (Å²) in [5.74, 6) is 0. The van der Waals surface area contributed by atoms with E-state index < -0.39 is 16.1 Å². The molecular formula is C15H19NO3S. The van der Waals surface area contributed by atoms with E-state index in [0.717, 1.165) is 44.0 Å². The molecule has 0 saturated carbocycles. The van der Waals surface area contributed by atoms with Gasteiger partial charge in [-0.2, -0.15) is 4.31 Å². The molecule has 20 heavy (non-hydrogen) atoms. The third-order valence-corrected chi connectivity index (χ3v) is 6.25. The fourth-order valence-electron chi connectivity index (χ4n) is 3.21. The van der Waals surface area contributed by atoms with Crippen LogP contribution in [0.4, 0.5) is 0 Å². The van der Waals surface area contributed by atoms with Crippen molar-refractivity contribution in [3.8, 4) is 0 Å². The number of hydrogen-bond acceptors (Lipinski definition) is 3. The Bertz CT molecular complexity index is 624. The van der Waals surface area contributed by atoms with Crippen LogP contribution < -0.4 is 0 Å².